The van der Waals surface area contributed by atoms with Crippen LogP contribution in [0.3, 0.4) is 0 Å². The zero-order chi connectivity index (χ0) is 14.1. The molecule has 0 saturated heterocycles. The average Bonchev–Trinajstić information content (AvgIpc) is 2.91. The van der Waals surface area contributed by atoms with E-state index < -0.39 is 11.1 Å². The minimum Gasteiger partial charge on any atom is -0.370 e. The van der Waals surface area contributed by atoms with Gasteiger partial charge in [-0.15, -0.1) is 0 Å². The molecule has 5 heteroatoms. The van der Waals surface area contributed by atoms with Crippen molar-refractivity contribution in [2.75, 3.05) is 7.11 Å². The maximum absolute atomic E-state index is 6.15. The van der Waals surface area contributed by atoms with Crippen molar-refractivity contribution in [2.24, 2.45) is 11.7 Å². The lowest BCUT2D eigenvalue weighted by Gasteiger charge is -2.35. The Hall–Kier alpha value is -0.940. The van der Waals surface area contributed by atoms with Crippen LogP contribution in [0.1, 0.15) is 64.6 Å². The molecule has 1 aromatic rings. The summed E-state index contributed by atoms with van der Waals surface area (Å²) in [5.41, 5.74) is 5.19. The van der Waals surface area contributed by atoms with Crippen molar-refractivity contribution in [1.29, 1.82) is 0 Å². The third-order valence-electron chi connectivity index (χ3n) is 4.53. The summed E-state index contributed by atoms with van der Waals surface area (Å²) in [5.74, 6) is 1.90. The summed E-state index contributed by atoms with van der Waals surface area (Å²) in [6.07, 6.45) is 4.90. The topological polar surface area (TPSA) is 74.2 Å². The minimum atomic E-state index is -0.567. The highest BCUT2D eigenvalue weighted by Crippen LogP contribution is 2.41. The van der Waals surface area contributed by atoms with Gasteiger partial charge in [0.15, 0.2) is 0 Å². The molecule has 0 bridgehead atoms. The summed E-state index contributed by atoms with van der Waals surface area (Å²) in [6, 6.07) is 0. The van der Waals surface area contributed by atoms with E-state index in [4.69, 9.17) is 15.0 Å². The van der Waals surface area contributed by atoms with Crippen LogP contribution in [0.5, 0.6) is 0 Å². The van der Waals surface area contributed by atoms with Gasteiger partial charge in [-0.25, -0.2) is 0 Å². The van der Waals surface area contributed by atoms with Gasteiger partial charge in [-0.05, 0) is 44.9 Å². The van der Waals surface area contributed by atoms with Crippen LogP contribution in [0.15, 0.2) is 4.52 Å². The van der Waals surface area contributed by atoms with E-state index in [1.54, 1.807) is 7.11 Å². The average molecular weight is 267 g/mol. The zero-order valence-corrected chi connectivity index (χ0v) is 12.4. The largest absolute Gasteiger partial charge is 0.370 e. The predicted molar refractivity (Wildman–Crippen MR) is 72.4 cm³/mol. The van der Waals surface area contributed by atoms with Crippen LogP contribution >= 0.6 is 0 Å². The Kier molecular flexibility index (Phi) is 3.97. The number of methoxy groups -OCH3 is 1. The maximum Gasteiger partial charge on any atom is 0.246 e. The van der Waals surface area contributed by atoms with Gasteiger partial charge in [0.2, 0.25) is 11.7 Å². The van der Waals surface area contributed by atoms with Crippen molar-refractivity contribution in [2.45, 2.75) is 64.0 Å². The van der Waals surface area contributed by atoms with Crippen molar-refractivity contribution in [3.8, 4) is 0 Å². The summed E-state index contributed by atoms with van der Waals surface area (Å²) in [6.45, 7) is 6.19. The molecule has 19 heavy (non-hydrogen) atoms. The Bertz CT molecular complexity index is 420. The first-order valence-corrected chi connectivity index (χ1v) is 7.12. The van der Waals surface area contributed by atoms with E-state index in [-0.39, 0.29) is 0 Å². The molecular formula is C14H25N3O2. The Morgan fingerprint density at radius 1 is 1.47 bits per heavy atom. The summed E-state index contributed by atoms with van der Waals surface area (Å²) in [7, 11) is 1.73. The molecule has 0 spiro atoms. The normalized spacial score (nSPS) is 31.1. The number of aromatic nitrogens is 2. The number of rotatable bonds is 4. The fourth-order valence-electron chi connectivity index (χ4n) is 2.54. The van der Waals surface area contributed by atoms with Crippen molar-refractivity contribution < 1.29 is 9.26 Å². The molecule has 108 valence electrons. The van der Waals surface area contributed by atoms with Crippen LogP contribution in [-0.2, 0) is 15.9 Å². The number of hydrogen-bond acceptors (Lipinski definition) is 5. The van der Waals surface area contributed by atoms with Gasteiger partial charge in [-0.2, -0.15) is 4.98 Å². The number of ether oxygens (including phenoxy) is 1. The maximum atomic E-state index is 6.15. The van der Waals surface area contributed by atoms with Crippen LogP contribution in [0.4, 0.5) is 0 Å². The van der Waals surface area contributed by atoms with Crippen LogP contribution in [0.2, 0.25) is 0 Å². The Morgan fingerprint density at radius 3 is 2.63 bits per heavy atom. The van der Waals surface area contributed by atoms with E-state index in [0.717, 1.165) is 38.0 Å². The molecule has 5 nitrogen and oxygen atoms in total. The molecule has 1 heterocycles. The van der Waals surface area contributed by atoms with Gasteiger partial charge in [-0.1, -0.05) is 19.0 Å². The van der Waals surface area contributed by atoms with Crippen molar-refractivity contribution in [3.05, 3.63) is 11.7 Å². The Labute approximate surface area is 114 Å². The first kappa shape index (κ1) is 14.5. The summed E-state index contributed by atoms with van der Waals surface area (Å²) in [4.78, 5) is 4.52. The summed E-state index contributed by atoms with van der Waals surface area (Å²) < 4.78 is 11.1. The Morgan fingerprint density at radius 2 is 2.11 bits per heavy atom. The molecule has 2 rings (SSSR count). The van der Waals surface area contributed by atoms with Gasteiger partial charge < -0.3 is 15.0 Å². The van der Waals surface area contributed by atoms with E-state index >= 15 is 0 Å². The second-order valence-electron chi connectivity index (χ2n) is 6.08. The number of nitrogens with two attached hydrogens (primary N) is 1. The SMILES string of the molecule is CCC(C)(N)c1nc(C2(OC)CCC(C)CC2)no1. The second-order valence-corrected chi connectivity index (χ2v) is 6.08. The van der Waals surface area contributed by atoms with E-state index in [9.17, 15) is 0 Å². The summed E-state index contributed by atoms with van der Waals surface area (Å²) >= 11 is 0. The predicted octanol–water partition coefficient (Wildman–Crippen LogP) is 2.71. The highest BCUT2D eigenvalue weighted by Gasteiger charge is 2.41. The second kappa shape index (κ2) is 5.21. The first-order valence-electron chi connectivity index (χ1n) is 7.12. The minimum absolute atomic E-state index is 0.391. The standard InChI is InChI=1S/C14H25N3O2/c1-5-13(3,15)12-16-11(17-19-12)14(18-4)8-6-10(2)7-9-14/h10H,5-9,15H2,1-4H3. The molecule has 1 unspecified atom stereocenters. The number of nitrogens with zero attached hydrogens (tertiary/aromatic N) is 2. The molecule has 1 atom stereocenters. The van der Waals surface area contributed by atoms with E-state index in [1.807, 2.05) is 13.8 Å². The van der Waals surface area contributed by atoms with Gasteiger partial charge in [0.05, 0.1) is 5.54 Å². The number of hydrogen-bond donors (Lipinski definition) is 1. The first-order chi connectivity index (χ1) is 8.93. The fourth-order valence-corrected chi connectivity index (χ4v) is 2.54. The molecular weight excluding hydrogens is 242 g/mol. The van der Waals surface area contributed by atoms with Crippen LogP contribution < -0.4 is 5.73 Å². The highest BCUT2D eigenvalue weighted by atomic mass is 16.5. The van der Waals surface area contributed by atoms with Crippen LogP contribution in [-0.4, -0.2) is 17.3 Å². The summed E-state index contributed by atoms with van der Waals surface area (Å²) in [5, 5.41) is 4.13. The molecule has 1 aliphatic carbocycles. The quantitative estimate of drug-likeness (QED) is 0.907. The molecule has 2 N–H and O–H groups in total. The van der Waals surface area contributed by atoms with E-state index in [0.29, 0.717) is 11.7 Å². The third-order valence-corrected chi connectivity index (χ3v) is 4.53. The molecule has 1 saturated carbocycles. The Balaban J connectivity index is 2.25. The lowest BCUT2D eigenvalue weighted by molar-refractivity contribution is -0.0609. The van der Waals surface area contributed by atoms with Gasteiger partial charge in [-0.3, -0.25) is 0 Å². The molecule has 0 aromatic carbocycles. The van der Waals surface area contributed by atoms with Gasteiger partial charge >= 0.3 is 0 Å². The molecule has 0 amide bonds. The van der Waals surface area contributed by atoms with Gasteiger partial charge in [0.1, 0.15) is 5.60 Å². The van der Waals surface area contributed by atoms with Crippen LogP contribution in [0.25, 0.3) is 0 Å². The van der Waals surface area contributed by atoms with Crippen molar-refractivity contribution >= 4 is 0 Å². The van der Waals surface area contributed by atoms with E-state index in [2.05, 4.69) is 17.1 Å². The lowest BCUT2D eigenvalue weighted by Crippen LogP contribution is -2.35. The highest BCUT2D eigenvalue weighted by molar-refractivity contribution is 5.07. The fraction of sp³-hybridized carbons (Fsp3) is 0.857. The lowest BCUT2D eigenvalue weighted by atomic mass is 9.79. The molecule has 1 fully saturated rings. The van der Waals surface area contributed by atoms with Crippen molar-refractivity contribution in [3.63, 3.8) is 0 Å². The monoisotopic (exact) mass is 267 g/mol. The van der Waals surface area contributed by atoms with Gasteiger partial charge in [0.25, 0.3) is 0 Å². The molecule has 0 radical (unpaired) electrons. The van der Waals surface area contributed by atoms with Crippen molar-refractivity contribution in [1.82, 2.24) is 10.1 Å². The zero-order valence-electron chi connectivity index (χ0n) is 12.4. The third kappa shape index (κ3) is 2.67. The van der Waals surface area contributed by atoms with Crippen LogP contribution in [0, 0.1) is 5.92 Å². The smallest absolute Gasteiger partial charge is 0.246 e. The molecule has 1 aliphatic rings. The van der Waals surface area contributed by atoms with E-state index in [1.165, 1.54) is 0 Å². The molecule has 1 aromatic heterocycles. The molecule has 0 aliphatic heterocycles. The van der Waals surface area contributed by atoms with Gasteiger partial charge in [0, 0.05) is 7.11 Å².